The van der Waals surface area contributed by atoms with Crippen molar-refractivity contribution >= 4 is 0 Å². The molecule has 1 aliphatic carbocycles. The van der Waals surface area contributed by atoms with Crippen LogP contribution in [0.15, 0.2) is 0 Å². The van der Waals surface area contributed by atoms with Crippen molar-refractivity contribution in [1.29, 1.82) is 0 Å². The lowest BCUT2D eigenvalue weighted by Gasteiger charge is -2.46. The van der Waals surface area contributed by atoms with Gasteiger partial charge in [-0.1, -0.05) is 19.3 Å². The molecular weight excluding hydrogens is 186 g/mol. The minimum atomic E-state index is -0.265. The summed E-state index contributed by atoms with van der Waals surface area (Å²) in [4.78, 5) is 0. The average Bonchev–Trinajstić information content (AvgIpc) is 2.22. The molecule has 2 nitrogen and oxygen atoms in total. The van der Waals surface area contributed by atoms with Gasteiger partial charge in [0.05, 0.1) is 5.60 Å². The highest BCUT2D eigenvalue weighted by molar-refractivity contribution is 4.95. The van der Waals surface area contributed by atoms with Crippen LogP contribution in [0.1, 0.15) is 57.8 Å². The Balaban J connectivity index is 1.80. The molecule has 2 heteroatoms. The third-order valence-corrected chi connectivity index (χ3v) is 4.31. The summed E-state index contributed by atoms with van der Waals surface area (Å²) in [5.41, 5.74) is -0.265. The Morgan fingerprint density at radius 1 is 0.867 bits per heavy atom. The summed E-state index contributed by atoms with van der Waals surface area (Å²) >= 11 is 0. The molecule has 0 unspecified atom stereocenters. The number of hydrogen-bond donors (Lipinski definition) is 2. The SMILES string of the molecule is O[C@@]12CCCCCCNCCC[C@@H]1CC2. The molecule has 0 aromatic heterocycles. The maximum Gasteiger partial charge on any atom is 0.0676 e. The van der Waals surface area contributed by atoms with Crippen LogP contribution in [0.3, 0.4) is 0 Å². The molecular formula is C13H25NO. The third kappa shape index (κ3) is 2.94. The van der Waals surface area contributed by atoms with Crippen LogP contribution in [0, 0.1) is 5.92 Å². The van der Waals surface area contributed by atoms with Crippen molar-refractivity contribution in [3.8, 4) is 0 Å². The van der Waals surface area contributed by atoms with E-state index in [0.717, 1.165) is 19.4 Å². The zero-order valence-electron chi connectivity index (χ0n) is 9.80. The Hall–Kier alpha value is -0.0800. The molecule has 1 saturated heterocycles. The molecule has 2 rings (SSSR count). The van der Waals surface area contributed by atoms with Gasteiger partial charge in [-0.3, -0.25) is 0 Å². The van der Waals surface area contributed by atoms with Crippen molar-refractivity contribution in [3.05, 3.63) is 0 Å². The molecule has 1 heterocycles. The van der Waals surface area contributed by atoms with Crippen LogP contribution < -0.4 is 5.32 Å². The average molecular weight is 211 g/mol. The van der Waals surface area contributed by atoms with Crippen molar-refractivity contribution in [3.63, 3.8) is 0 Å². The summed E-state index contributed by atoms with van der Waals surface area (Å²) in [7, 11) is 0. The summed E-state index contributed by atoms with van der Waals surface area (Å²) in [6.07, 6.45) is 11.0. The molecule has 0 bridgehead atoms. The molecule has 88 valence electrons. The van der Waals surface area contributed by atoms with Crippen LogP contribution in [-0.4, -0.2) is 23.8 Å². The highest BCUT2D eigenvalue weighted by atomic mass is 16.3. The Bertz CT molecular complexity index is 195. The third-order valence-electron chi connectivity index (χ3n) is 4.31. The number of nitrogens with one attached hydrogen (secondary N) is 1. The molecule has 1 aliphatic heterocycles. The minimum Gasteiger partial charge on any atom is -0.390 e. The second-order valence-corrected chi connectivity index (χ2v) is 5.40. The van der Waals surface area contributed by atoms with Gasteiger partial charge in [-0.15, -0.1) is 0 Å². The first-order valence-corrected chi connectivity index (χ1v) is 6.74. The zero-order valence-corrected chi connectivity index (χ0v) is 9.80. The van der Waals surface area contributed by atoms with Crippen LogP contribution in [0.25, 0.3) is 0 Å². The van der Waals surface area contributed by atoms with Crippen molar-refractivity contribution in [2.24, 2.45) is 5.92 Å². The molecule has 0 spiro atoms. The van der Waals surface area contributed by atoms with Gasteiger partial charge in [0, 0.05) is 0 Å². The topological polar surface area (TPSA) is 32.3 Å². The molecule has 2 aliphatic rings. The van der Waals surface area contributed by atoms with Crippen molar-refractivity contribution in [1.82, 2.24) is 5.32 Å². The molecule has 0 radical (unpaired) electrons. The Morgan fingerprint density at radius 2 is 1.67 bits per heavy atom. The van der Waals surface area contributed by atoms with E-state index in [-0.39, 0.29) is 5.60 Å². The van der Waals surface area contributed by atoms with Gasteiger partial charge in [0.1, 0.15) is 0 Å². The summed E-state index contributed by atoms with van der Waals surface area (Å²) in [6, 6.07) is 0. The van der Waals surface area contributed by atoms with Crippen LogP contribution in [0.2, 0.25) is 0 Å². The zero-order chi connectivity index (χ0) is 10.6. The van der Waals surface area contributed by atoms with Crippen LogP contribution in [0.5, 0.6) is 0 Å². The molecule has 1 saturated carbocycles. The van der Waals surface area contributed by atoms with Gasteiger partial charge in [0.15, 0.2) is 0 Å². The van der Waals surface area contributed by atoms with Crippen molar-refractivity contribution in [2.45, 2.75) is 63.4 Å². The standard InChI is InChI=1S/C13H25NO/c15-13-8-3-1-2-4-10-14-11-5-6-12(13)7-9-13/h12,14-15H,1-11H2/t12-,13-/m1/s1. The van der Waals surface area contributed by atoms with Gasteiger partial charge in [0.2, 0.25) is 0 Å². The van der Waals surface area contributed by atoms with E-state index in [4.69, 9.17) is 0 Å². The van der Waals surface area contributed by atoms with E-state index in [1.165, 1.54) is 51.5 Å². The maximum atomic E-state index is 10.4. The lowest BCUT2D eigenvalue weighted by Crippen LogP contribution is -2.47. The summed E-state index contributed by atoms with van der Waals surface area (Å²) in [6.45, 7) is 2.33. The fourth-order valence-electron chi connectivity index (χ4n) is 3.06. The maximum absolute atomic E-state index is 10.4. The highest BCUT2D eigenvalue weighted by Gasteiger charge is 2.43. The van der Waals surface area contributed by atoms with Crippen LogP contribution in [0.4, 0.5) is 0 Å². The fourth-order valence-corrected chi connectivity index (χ4v) is 3.06. The number of rotatable bonds is 0. The first-order chi connectivity index (χ1) is 7.31. The summed E-state index contributed by atoms with van der Waals surface area (Å²) in [5.74, 6) is 0.610. The largest absolute Gasteiger partial charge is 0.390 e. The van der Waals surface area contributed by atoms with E-state index in [2.05, 4.69) is 5.32 Å². The second-order valence-electron chi connectivity index (χ2n) is 5.40. The predicted octanol–water partition coefficient (Wildman–Crippen LogP) is 2.46. The van der Waals surface area contributed by atoms with Gasteiger partial charge in [-0.25, -0.2) is 0 Å². The molecule has 0 aromatic carbocycles. The number of hydrogen-bond acceptors (Lipinski definition) is 2. The minimum absolute atomic E-state index is 0.265. The molecule has 2 fully saturated rings. The van der Waals surface area contributed by atoms with Crippen LogP contribution >= 0.6 is 0 Å². The lowest BCUT2D eigenvalue weighted by molar-refractivity contribution is -0.105. The fraction of sp³-hybridized carbons (Fsp3) is 1.00. The van der Waals surface area contributed by atoms with E-state index >= 15 is 0 Å². The van der Waals surface area contributed by atoms with E-state index in [0.29, 0.717) is 5.92 Å². The van der Waals surface area contributed by atoms with E-state index in [9.17, 15) is 5.11 Å². The van der Waals surface area contributed by atoms with Crippen molar-refractivity contribution < 1.29 is 5.11 Å². The number of aliphatic hydroxyl groups is 1. The van der Waals surface area contributed by atoms with Crippen LogP contribution in [-0.2, 0) is 0 Å². The van der Waals surface area contributed by atoms with Gasteiger partial charge in [-0.05, 0) is 57.5 Å². The van der Waals surface area contributed by atoms with Gasteiger partial charge in [-0.2, -0.15) is 0 Å². The van der Waals surface area contributed by atoms with Gasteiger partial charge < -0.3 is 10.4 Å². The predicted molar refractivity (Wildman–Crippen MR) is 62.9 cm³/mol. The number of fused-ring (bicyclic) bond motifs is 1. The first kappa shape index (κ1) is 11.4. The van der Waals surface area contributed by atoms with E-state index in [1.54, 1.807) is 0 Å². The molecule has 2 atom stereocenters. The Morgan fingerprint density at radius 3 is 2.47 bits per heavy atom. The normalized spacial score (nSPS) is 39.4. The Labute approximate surface area is 93.5 Å². The summed E-state index contributed by atoms with van der Waals surface area (Å²) in [5, 5.41) is 13.9. The molecule has 2 N–H and O–H groups in total. The van der Waals surface area contributed by atoms with Gasteiger partial charge in [0.25, 0.3) is 0 Å². The smallest absolute Gasteiger partial charge is 0.0676 e. The quantitative estimate of drug-likeness (QED) is 0.645. The van der Waals surface area contributed by atoms with E-state index < -0.39 is 0 Å². The van der Waals surface area contributed by atoms with Crippen molar-refractivity contribution in [2.75, 3.05) is 13.1 Å². The molecule has 0 amide bonds. The molecule has 15 heavy (non-hydrogen) atoms. The van der Waals surface area contributed by atoms with Gasteiger partial charge >= 0.3 is 0 Å². The lowest BCUT2D eigenvalue weighted by atomic mass is 9.65. The van der Waals surface area contributed by atoms with E-state index in [1.807, 2.05) is 0 Å². The summed E-state index contributed by atoms with van der Waals surface area (Å²) < 4.78 is 0. The Kier molecular flexibility index (Phi) is 4.04. The first-order valence-electron chi connectivity index (χ1n) is 6.74. The second kappa shape index (κ2) is 5.31. The highest BCUT2D eigenvalue weighted by Crippen LogP contribution is 2.44. The molecule has 0 aromatic rings. The monoisotopic (exact) mass is 211 g/mol.